The fourth-order valence-electron chi connectivity index (χ4n) is 2.92. The Morgan fingerprint density at radius 2 is 1.27 bits per heavy atom. The Hall–Kier alpha value is -1.64. The number of ether oxygens (including phenoxy) is 2. The molecule has 0 saturated carbocycles. The second-order valence-corrected chi connectivity index (χ2v) is 5.79. The predicted molar refractivity (Wildman–Crippen MR) is 91.1 cm³/mol. The third-order valence-corrected chi connectivity index (χ3v) is 4.02. The van der Waals surface area contributed by atoms with Gasteiger partial charge < -0.3 is 9.47 Å². The predicted octanol–water partition coefficient (Wildman–Crippen LogP) is 4.14. The van der Waals surface area contributed by atoms with Crippen LogP contribution in [0.4, 0.5) is 0 Å². The summed E-state index contributed by atoms with van der Waals surface area (Å²) in [6, 6.07) is 21.4. The van der Waals surface area contributed by atoms with E-state index in [2.05, 4.69) is 60.7 Å². The summed E-state index contributed by atoms with van der Waals surface area (Å²) in [7, 11) is 3.50. The summed E-state index contributed by atoms with van der Waals surface area (Å²) in [6.45, 7) is 0.649. The number of methoxy groups -OCH3 is 2. The fraction of sp³-hybridized carbons (Fsp3) is 0.400. The van der Waals surface area contributed by atoms with Gasteiger partial charge in [0.2, 0.25) is 0 Å². The molecule has 0 aromatic heterocycles. The molecule has 0 N–H and O–H groups in total. The van der Waals surface area contributed by atoms with Gasteiger partial charge in [0.25, 0.3) is 0 Å². The van der Waals surface area contributed by atoms with Crippen molar-refractivity contribution in [3.05, 3.63) is 71.8 Å². The van der Waals surface area contributed by atoms with Crippen molar-refractivity contribution in [3.63, 3.8) is 0 Å². The minimum absolute atomic E-state index is 0.155. The minimum atomic E-state index is 0.155. The Bertz CT molecular complexity index is 468. The minimum Gasteiger partial charge on any atom is -0.382 e. The van der Waals surface area contributed by atoms with Crippen molar-refractivity contribution in [3.8, 4) is 0 Å². The van der Waals surface area contributed by atoms with Crippen molar-refractivity contribution in [2.75, 3.05) is 20.8 Å². The van der Waals surface area contributed by atoms with Crippen LogP contribution in [-0.4, -0.2) is 26.9 Å². The Balaban J connectivity index is 2.05. The van der Waals surface area contributed by atoms with Crippen LogP contribution in [0.25, 0.3) is 0 Å². The molecule has 0 aliphatic carbocycles. The van der Waals surface area contributed by atoms with Crippen molar-refractivity contribution in [1.29, 1.82) is 0 Å². The summed E-state index contributed by atoms with van der Waals surface area (Å²) in [5.74, 6) is 0.546. The van der Waals surface area contributed by atoms with Gasteiger partial charge in [-0.25, -0.2) is 0 Å². The molecule has 2 aromatic carbocycles. The maximum atomic E-state index is 5.57. The van der Waals surface area contributed by atoms with E-state index in [-0.39, 0.29) is 6.10 Å². The van der Waals surface area contributed by atoms with Gasteiger partial charge in [0.15, 0.2) is 0 Å². The second kappa shape index (κ2) is 9.39. The molecule has 1 atom stereocenters. The standard InChI is InChI=1S/C20H26O2/c1-21-16-20(22-2)15-19(13-17-9-5-3-6-10-17)14-18-11-7-4-8-12-18/h3-12,19-20H,13-16H2,1-2H3. The van der Waals surface area contributed by atoms with E-state index in [0.29, 0.717) is 12.5 Å². The first-order valence-corrected chi connectivity index (χ1v) is 7.91. The zero-order valence-electron chi connectivity index (χ0n) is 13.6. The number of rotatable bonds is 9. The van der Waals surface area contributed by atoms with Crippen LogP contribution in [0, 0.1) is 5.92 Å². The summed E-state index contributed by atoms with van der Waals surface area (Å²) < 4.78 is 10.8. The molecule has 2 heteroatoms. The summed E-state index contributed by atoms with van der Waals surface area (Å²) in [5, 5.41) is 0. The van der Waals surface area contributed by atoms with Gasteiger partial charge in [0.05, 0.1) is 12.7 Å². The highest BCUT2D eigenvalue weighted by Crippen LogP contribution is 2.21. The van der Waals surface area contributed by atoms with Gasteiger partial charge in [-0.2, -0.15) is 0 Å². The van der Waals surface area contributed by atoms with Gasteiger partial charge in [0.1, 0.15) is 0 Å². The molecule has 2 aromatic rings. The lowest BCUT2D eigenvalue weighted by molar-refractivity contribution is 0.0137. The van der Waals surface area contributed by atoms with Crippen LogP contribution in [0.15, 0.2) is 60.7 Å². The molecule has 118 valence electrons. The maximum Gasteiger partial charge on any atom is 0.0807 e. The first-order valence-electron chi connectivity index (χ1n) is 7.91. The van der Waals surface area contributed by atoms with Crippen LogP contribution in [-0.2, 0) is 22.3 Å². The van der Waals surface area contributed by atoms with Crippen molar-refractivity contribution < 1.29 is 9.47 Å². The Morgan fingerprint density at radius 3 is 1.68 bits per heavy atom. The van der Waals surface area contributed by atoms with Gasteiger partial charge in [0, 0.05) is 14.2 Å². The molecule has 0 bridgehead atoms. The molecular formula is C20H26O2. The molecule has 22 heavy (non-hydrogen) atoms. The Kier molecular flexibility index (Phi) is 7.14. The van der Waals surface area contributed by atoms with Gasteiger partial charge in [-0.1, -0.05) is 60.7 Å². The molecule has 0 amide bonds. The highest BCUT2D eigenvalue weighted by molar-refractivity contribution is 5.18. The Labute approximate surface area is 134 Å². The van der Waals surface area contributed by atoms with Crippen molar-refractivity contribution >= 4 is 0 Å². The van der Waals surface area contributed by atoms with E-state index >= 15 is 0 Å². The third-order valence-electron chi connectivity index (χ3n) is 4.02. The first-order chi connectivity index (χ1) is 10.8. The molecule has 0 fully saturated rings. The quantitative estimate of drug-likeness (QED) is 0.692. The van der Waals surface area contributed by atoms with E-state index in [1.807, 2.05) is 0 Å². The van der Waals surface area contributed by atoms with Crippen LogP contribution in [0.5, 0.6) is 0 Å². The van der Waals surface area contributed by atoms with Crippen LogP contribution in [0.1, 0.15) is 17.5 Å². The van der Waals surface area contributed by atoms with E-state index < -0.39 is 0 Å². The van der Waals surface area contributed by atoms with E-state index in [4.69, 9.17) is 9.47 Å². The highest BCUT2D eigenvalue weighted by atomic mass is 16.5. The molecular weight excluding hydrogens is 272 g/mol. The van der Waals surface area contributed by atoms with Gasteiger partial charge >= 0.3 is 0 Å². The topological polar surface area (TPSA) is 18.5 Å². The molecule has 0 heterocycles. The summed E-state index contributed by atoms with van der Waals surface area (Å²) in [6.07, 6.45) is 3.30. The Morgan fingerprint density at radius 1 is 0.773 bits per heavy atom. The molecule has 0 saturated heterocycles. The molecule has 1 unspecified atom stereocenters. The number of hydrogen-bond donors (Lipinski definition) is 0. The van der Waals surface area contributed by atoms with Gasteiger partial charge in [-0.05, 0) is 36.3 Å². The zero-order valence-corrected chi connectivity index (χ0v) is 13.6. The average molecular weight is 298 g/mol. The van der Waals surface area contributed by atoms with Crippen LogP contribution >= 0.6 is 0 Å². The lowest BCUT2D eigenvalue weighted by Crippen LogP contribution is -2.23. The van der Waals surface area contributed by atoms with Crippen molar-refractivity contribution in [2.45, 2.75) is 25.4 Å². The molecule has 0 aliphatic heterocycles. The van der Waals surface area contributed by atoms with Crippen LogP contribution in [0.2, 0.25) is 0 Å². The van der Waals surface area contributed by atoms with E-state index in [1.165, 1.54) is 11.1 Å². The first kappa shape index (κ1) is 16.7. The van der Waals surface area contributed by atoms with Gasteiger partial charge in [-0.3, -0.25) is 0 Å². The van der Waals surface area contributed by atoms with Crippen LogP contribution in [0.3, 0.4) is 0 Å². The van der Waals surface area contributed by atoms with E-state index in [9.17, 15) is 0 Å². The number of hydrogen-bond acceptors (Lipinski definition) is 2. The summed E-state index contributed by atoms with van der Waals surface area (Å²) in [5.41, 5.74) is 2.77. The van der Waals surface area contributed by atoms with Crippen molar-refractivity contribution in [1.82, 2.24) is 0 Å². The van der Waals surface area contributed by atoms with E-state index in [1.54, 1.807) is 14.2 Å². The third kappa shape index (κ3) is 5.63. The lowest BCUT2D eigenvalue weighted by atomic mass is 9.88. The molecule has 2 rings (SSSR count). The van der Waals surface area contributed by atoms with Crippen molar-refractivity contribution in [2.24, 2.45) is 5.92 Å². The number of benzene rings is 2. The summed E-state index contributed by atoms with van der Waals surface area (Å²) in [4.78, 5) is 0. The van der Waals surface area contributed by atoms with E-state index in [0.717, 1.165) is 19.3 Å². The largest absolute Gasteiger partial charge is 0.382 e. The van der Waals surface area contributed by atoms with Crippen LogP contribution < -0.4 is 0 Å². The maximum absolute atomic E-state index is 5.57. The molecule has 0 aliphatic rings. The average Bonchev–Trinajstić information content (AvgIpc) is 2.56. The lowest BCUT2D eigenvalue weighted by Gasteiger charge is -2.22. The zero-order chi connectivity index (χ0) is 15.6. The molecule has 0 spiro atoms. The molecule has 2 nitrogen and oxygen atoms in total. The molecule has 0 radical (unpaired) electrons. The monoisotopic (exact) mass is 298 g/mol. The second-order valence-electron chi connectivity index (χ2n) is 5.79. The fourth-order valence-corrected chi connectivity index (χ4v) is 2.92. The normalized spacial score (nSPS) is 12.5. The smallest absolute Gasteiger partial charge is 0.0807 e. The summed E-state index contributed by atoms with van der Waals surface area (Å²) >= 11 is 0. The highest BCUT2D eigenvalue weighted by Gasteiger charge is 2.17. The SMILES string of the molecule is COCC(CC(Cc1ccccc1)Cc1ccccc1)OC. The van der Waals surface area contributed by atoms with Gasteiger partial charge in [-0.15, -0.1) is 0 Å².